The summed E-state index contributed by atoms with van der Waals surface area (Å²) >= 11 is 0. The molecule has 0 atom stereocenters. The number of rotatable bonds is 4. The SMILES string of the molecule is C=C(CS(=O)(=O)NC)C(C)C. The van der Waals surface area contributed by atoms with Crippen LogP contribution in [0.25, 0.3) is 0 Å². The van der Waals surface area contributed by atoms with Crippen molar-refractivity contribution in [1.82, 2.24) is 4.72 Å². The van der Waals surface area contributed by atoms with E-state index in [1.807, 2.05) is 13.8 Å². The molecule has 4 heteroatoms. The van der Waals surface area contributed by atoms with E-state index in [1.54, 1.807) is 0 Å². The lowest BCUT2D eigenvalue weighted by Crippen LogP contribution is -2.23. The largest absolute Gasteiger partial charge is 0.218 e. The van der Waals surface area contributed by atoms with Crippen molar-refractivity contribution in [1.29, 1.82) is 0 Å². The van der Waals surface area contributed by atoms with Crippen molar-refractivity contribution in [3.63, 3.8) is 0 Å². The lowest BCUT2D eigenvalue weighted by molar-refractivity contribution is 0.587. The Hall–Kier alpha value is -0.350. The molecule has 0 aliphatic carbocycles. The lowest BCUT2D eigenvalue weighted by atomic mass is 10.1. The summed E-state index contributed by atoms with van der Waals surface area (Å²) in [6.07, 6.45) is 0. The van der Waals surface area contributed by atoms with E-state index in [0.717, 1.165) is 5.57 Å². The molecule has 0 saturated carbocycles. The molecule has 0 unspecified atom stereocenters. The van der Waals surface area contributed by atoms with Crippen LogP contribution in [0.1, 0.15) is 13.8 Å². The molecule has 0 aromatic carbocycles. The van der Waals surface area contributed by atoms with E-state index in [1.165, 1.54) is 7.05 Å². The first-order chi connectivity index (χ1) is 4.89. The average molecular weight is 177 g/mol. The summed E-state index contributed by atoms with van der Waals surface area (Å²) in [6, 6.07) is 0. The number of nitrogens with one attached hydrogen (secondary N) is 1. The molecule has 0 aliphatic rings. The second kappa shape index (κ2) is 3.88. The first kappa shape index (κ1) is 10.7. The van der Waals surface area contributed by atoms with Crippen LogP contribution in [-0.2, 0) is 10.0 Å². The van der Waals surface area contributed by atoms with Crippen LogP contribution < -0.4 is 4.72 Å². The van der Waals surface area contributed by atoms with Gasteiger partial charge >= 0.3 is 0 Å². The minimum absolute atomic E-state index is 0.0289. The van der Waals surface area contributed by atoms with Gasteiger partial charge in [-0.2, -0.15) is 0 Å². The van der Waals surface area contributed by atoms with E-state index < -0.39 is 10.0 Å². The predicted molar refractivity (Wildman–Crippen MR) is 46.8 cm³/mol. The standard InChI is InChI=1S/C7H15NO2S/c1-6(2)7(3)5-11(9,10)8-4/h6,8H,3,5H2,1-2,4H3. The van der Waals surface area contributed by atoms with E-state index in [2.05, 4.69) is 11.3 Å². The van der Waals surface area contributed by atoms with Crippen molar-refractivity contribution >= 4 is 10.0 Å². The van der Waals surface area contributed by atoms with Gasteiger partial charge < -0.3 is 0 Å². The summed E-state index contributed by atoms with van der Waals surface area (Å²) in [4.78, 5) is 0. The van der Waals surface area contributed by atoms with Gasteiger partial charge in [0, 0.05) is 0 Å². The molecule has 0 spiro atoms. The third-order valence-electron chi connectivity index (χ3n) is 1.50. The molecule has 3 nitrogen and oxygen atoms in total. The highest BCUT2D eigenvalue weighted by Gasteiger charge is 2.10. The minimum atomic E-state index is -3.11. The zero-order chi connectivity index (χ0) is 9.07. The van der Waals surface area contributed by atoms with Crippen LogP contribution in [0.2, 0.25) is 0 Å². The van der Waals surface area contributed by atoms with Crippen LogP contribution in [0.3, 0.4) is 0 Å². The monoisotopic (exact) mass is 177 g/mol. The molecular formula is C7H15NO2S. The third kappa shape index (κ3) is 4.16. The van der Waals surface area contributed by atoms with Gasteiger partial charge in [-0.1, -0.05) is 26.0 Å². The second-order valence-electron chi connectivity index (χ2n) is 2.78. The van der Waals surface area contributed by atoms with Crippen molar-refractivity contribution in [3.05, 3.63) is 12.2 Å². The molecule has 0 bridgehead atoms. The molecule has 0 aromatic rings. The highest BCUT2D eigenvalue weighted by atomic mass is 32.2. The molecule has 0 fully saturated rings. The van der Waals surface area contributed by atoms with Gasteiger partial charge in [0.2, 0.25) is 10.0 Å². The van der Waals surface area contributed by atoms with Gasteiger partial charge in [0.25, 0.3) is 0 Å². The summed E-state index contributed by atoms with van der Waals surface area (Å²) in [5.41, 5.74) is 0.736. The Kier molecular flexibility index (Phi) is 3.75. The van der Waals surface area contributed by atoms with Gasteiger partial charge in [0.15, 0.2) is 0 Å². The zero-order valence-electron chi connectivity index (χ0n) is 7.22. The van der Waals surface area contributed by atoms with Crippen LogP contribution in [0.15, 0.2) is 12.2 Å². The Balaban J connectivity index is 4.17. The van der Waals surface area contributed by atoms with Crippen molar-refractivity contribution in [2.45, 2.75) is 13.8 Å². The summed E-state index contributed by atoms with van der Waals surface area (Å²) < 4.78 is 24.1. The Morgan fingerprint density at radius 2 is 2.00 bits per heavy atom. The van der Waals surface area contributed by atoms with Gasteiger partial charge in [0.05, 0.1) is 5.75 Å². The van der Waals surface area contributed by atoms with Gasteiger partial charge in [-0.05, 0) is 13.0 Å². The summed E-state index contributed by atoms with van der Waals surface area (Å²) in [5, 5.41) is 0. The Morgan fingerprint density at radius 3 is 2.27 bits per heavy atom. The van der Waals surface area contributed by atoms with E-state index in [4.69, 9.17) is 0 Å². The number of sulfonamides is 1. The minimum Gasteiger partial charge on any atom is -0.218 e. The van der Waals surface area contributed by atoms with E-state index in [9.17, 15) is 8.42 Å². The summed E-state index contributed by atoms with van der Waals surface area (Å²) in [7, 11) is -1.71. The van der Waals surface area contributed by atoms with Crippen LogP contribution in [-0.4, -0.2) is 21.2 Å². The van der Waals surface area contributed by atoms with Crippen LogP contribution in [0, 0.1) is 5.92 Å². The Bertz CT molecular complexity index is 229. The fraction of sp³-hybridized carbons (Fsp3) is 0.714. The first-order valence-corrected chi connectivity index (χ1v) is 5.13. The van der Waals surface area contributed by atoms with Gasteiger partial charge in [-0.15, -0.1) is 0 Å². The lowest BCUT2D eigenvalue weighted by Gasteiger charge is -2.08. The zero-order valence-corrected chi connectivity index (χ0v) is 8.03. The fourth-order valence-electron chi connectivity index (χ4n) is 0.483. The smallest absolute Gasteiger partial charge is 0.215 e. The normalized spacial score (nSPS) is 12.0. The molecule has 0 amide bonds. The van der Waals surface area contributed by atoms with E-state index in [-0.39, 0.29) is 11.7 Å². The molecule has 0 heterocycles. The van der Waals surface area contributed by atoms with Crippen molar-refractivity contribution in [2.24, 2.45) is 5.92 Å². The molecule has 0 aromatic heterocycles. The van der Waals surface area contributed by atoms with Gasteiger partial charge in [-0.3, -0.25) is 0 Å². The summed E-state index contributed by atoms with van der Waals surface area (Å²) in [6.45, 7) is 7.52. The number of hydrogen-bond donors (Lipinski definition) is 1. The van der Waals surface area contributed by atoms with Gasteiger partial charge in [-0.25, -0.2) is 13.1 Å². The highest BCUT2D eigenvalue weighted by Crippen LogP contribution is 2.08. The highest BCUT2D eigenvalue weighted by molar-refractivity contribution is 7.89. The van der Waals surface area contributed by atoms with Crippen LogP contribution in [0.4, 0.5) is 0 Å². The van der Waals surface area contributed by atoms with Crippen molar-refractivity contribution in [3.8, 4) is 0 Å². The molecule has 0 aliphatic heterocycles. The second-order valence-corrected chi connectivity index (χ2v) is 4.70. The maximum Gasteiger partial charge on any atom is 0.215 e. The van der Waals surface area contributed by atoms with Gasteiger partial charge in [0.1, 0.15) is 0 Å². The Labute approximate surface area is 68.5 Å². The maximum absolute atomic E-state index is 10.9. The predicted octanol–water partition coefficient (Wildman–Crippen LogP) is 0.748. The van der Waals surface area contributed by atoms with E-state index >= 15 is 0 Å². The van der Waals surface area contributed by atoms with Crippen molar-refractivity contribution in [2.75, 3.05) is 12.8 Å². The first-order valence-electron chi connectivity index (χ1n) is 3.48. The average Bonchev–Trinajstić information content (AvgIpc) is 1.87. The molecule has 1 N–H and O–H groups in total. The number of hydrogen-bond acceptors (Lipinski definition) is 2. The molecule has 0 rings (SSSR count). The molecule has 66 valence electrons. The summed E-state index contributed by atoms with van der Waals surface area (Å²) in [5.74, 6) is 0.249. The molecular weight excluding hydrogens is 162 g/mol. The van der Waals surface area contributed by atoms with Crippen LogP contribution in [0.5, 0.6) is 0 Å². The molecule has 0 radical (unpaired) electrons. The van der Waals surface area contributed by atoms with Crippen molar-refractivity contribution < 1.29 is 8.42 Å². The fourth-order valence-corrected chi connectivity index (χ4v) is 1.45. The maximum atomic E-state index is 10.9. The van der Waals surface area contributed by atoms with E-state index in [0.29, 0.717) is 0 Å². The third-order valence-corrected chi connectivity index (χ3v) is 2.88. The topological polar surface area (TPSA) is 46.2 Å². The Morgan fingerprint density at radius 1 is 1.55 bits per heavy atom. The molecule has 0 saturated heterocycles. The molecule has 11 heavy (non-hydrogen) atoms. The quantitative estimate of drug-likeness (QED) is 0.644. The van der Waals surface area contributed by atoms with Crippen LogP contribution >= 0.6 is 0 Å².